The Morgan fingerprint density at radius 1 is 1.47 bits per heavy atom. The van der Waals surface area contributed by atoms with E-state index in [2.05, 4.69) is 18.9 Å². The molecule has 1 aliphatic rings. The maximum atomic E-state index is 11.1. The summed E-state index contributed by atoms with van der Waals surface area (Å²) >= 11 is 0. The van der Waals surface area contributed by atoms with Gasteiger partial charge in [0.15, 0.2) is 0 Å². The standard InChI is InChI=1S/C13H20N2O2/c1-13(5-8-14(2)9-6-13)10-15-7-3-4-11(15)12(16)17/h3-4,7H,5-6,8-10H2,1-2H3,(H,16,17). The Balaban J connectivity index is 2.09. The fourth-order valence-electron chi connectivity index (χ4n) is 2.47. The number of carboxylic acids is 1. The monoisotopic (exact) mass is 236 g/mol. The van der Waals surface area contributed by atoms with Crippen molar-refractivity contribution in [3.8, 4) is 0 Å². The van der Waals surface area contributed by atoms with E-state index in [0.29, 0.717) is 5.69 Å². The molecule has 17 heavy (non-hydrogen) atoms. The lowest BCUT2D eigenvalue weighted by Crippen LogP contribution is -2.38. The SMILES string of the molecule is CN1CCC(C)(Cn2cccc2C(=O)O)CC1. The van der Waals surface area contributed by atoms with Crippen molar-refractivity contribution in [2.75, 3.05) is 20.1 Å². The Labute approximate surface area is 102 Å². The van der Waals surface area contributed by atoms with Crippen molar-refractivity contribution in [2.45, 2.75) is 26.3 Å². The van der Waals surface area contributed by atoms with Crippen LogP contribution in [0.25, 0.3) is 0 Å². The first-order valence-electron chi connectivity index (χ1n) is 6.07. The van der Waals surface area contributed by atoms with E-state index in [4.69, 9.17) is 5.11 Å². The Bertz CT molecular complexity index is 403. The van der Waals surface area contributed by atoms with Crippen molar-refractivity contribution in [3.05, 3.63) is 24.0 Å². The van der Waals surface area contributed by atoms with Crippen LogP contribution in [0.5, 0.6) is 0 Å². The van der Waals surface area contributed by atoms with Gasteiger partial charge in [-0.1, -0.05) is 6.92 Å². The molecule has 0 saturated carbocycles. The number of piperidine rings is 1. The van der Waals surface area contributed by atoms with Gasteiger partial charge in [0.05, 0.1) is 0 Å². The molecule has 1 aliphatic heterocycles. The quantitative estimate of drug-likeness (QED) is 0.872. The zero-order valence-electron chi connectivity index (χ0n) is 10.5. The number of likely N-dealkylation sites (tertiary alicyclic amines) is 1. The average Bonchev–Trinajstić information content (AvgIpc) is 2.71. The third-order valence-corrected chi connectivity index (χ3v) is 3.79. The second-order valence-electron chi connectivity index (χ2n) is 5.44. The normalized spacial score (nSPS) is 20.4. The van der Waals surface area contributed by atoms with Crippen LogP contribution in [-0.4, -0.2) is 40.7 Å². The highest BCUT2D eigenvalue weighted by Crippen LogP contribution is 2.32. The summed E-state index contributed by atoms with van der Waals surface area (Å²) in [6, 6.07) is 3.47. The molecule has 1 saturated heterocycles. The first-order valence-corrected chi connectivity index (χ1v) is 6.07. The first-order chi connectivity index (χ1) is 8.00. The van der Waals surface area contributed by atoms with Gasteiger partial charge in [-0.05, 0) is 50.5 Å². The Hall–Kier alpha value is -1.29. The number of rotatable bonds is 3. The third kappa shape index (κ3) is 2.69. The van der Waals surface area contributed by atoms with Gasteiger partial charge in [-0.25, -0.2) is 4.79 Å². The van der Waals surface area contributed by atoms with E-state index in [0.717, 1.165) is 32.5 Å². The second-order valence-corrected chi connectivity index (χ2v) is 5.44. The summed E-state index contributed by atoms with van der Waals surface area (Å²) in [5.41, 5.74) is 0.612. The summed E-state index contributed by atoms with van der Waals surface area (Å²) in [4.78, 5) is 13.4. The average molecular weight is 236 g/mol. The number of aromatic nitrogens is 1. The highest BCUT2D eigenvalue weighted by atomic mass is 16.4. The summed E-state index contributed by atoms with van der Waals surface area (Å²) in [6.45, 7) is 5.25. The molecule has 94 valence electrons. The van der Waals surface area contributed by atoms with Gasteiger partial charge >= 0.3 is 5.97 Å². The lowest BCUT2D eigenvalue weighted by Gasteiger charge is -2.38. The molecule has 0 radical (unpaired) electrons. The van der Waals surface area contributed by atoms with Gasteiger partial charge in [-0.3, -0.25) is 0 Å². The zero-order valence-corrected chi connectivity index (χ0v) is 10.5. The highest BCUT2D eigenvalue weighted by molar-refractivity contribution is 5.85. The molecular formula is C13H20N2O2. The van der Waals surface area contributed by atoms with Crippen LogP contribution in [0.2, 0.25) is 0 Å². The molecule has 4 heteroatoms. The summed E-state index contributed by atoms with van der Waals surface area (Å²) in [7, 11) is 2.14. The van der Waals surface area contributed by atoms with Gasteiger partial charge in [0.25, 0.3) is 0 Å². The molecule has 0 atom stereocenters. The van der Waals surface area contributed by atoms with E-state index in [1.54, 1.807) is 6.07 Å². The summed E-state index contributed by atoms with van der Waals surface area (Å²) in [6.07, 6.45) is 4.12. The second kappa shape index (κ2) is 4.53. The molecule has 1 aromatic heterocycles. The zero-order chi connectivity index (χ0) is 12.5. The van der Waals surface area contributed by atoms with Crippen LogP contribution >= 0.6 is 0 Å². The molecule has 2 rings (SSSR count). The van der Waals surface area contributed by atoms with E-state index in [1.165, 1.54) is 0 Å². The molecule has 0 amide bonds. The maximum Gasteiger partial charge on any atom is 0.352 e. The van der Waals surface area contributed by atoms with Crippen LogP contribution in [0, 0.1) is 5.41 Å². The minimum Gasteiger partial charge on any atom is -0.477 e. The van der Waals surface area contributed by atoms with Crippen molar-refractivity contribution in [1.82, 2.24) is 9.47 Å². The van der Waals surface area contributed by atoms with E-state index in [9.17, 15) is 4.79 Å². The predicted molar refractivity (Wildman–Crippen MR) is 66.2 cm³/mol. The highest BCUT2D eigenvalue weighted by Gasteiger charge is 2.30. The summed E-state index contributed by atoms with van der Waals surface area (Å²) < 4.78 is 1.87. The minimum absolute atomic E-state index is 0.218. The number of nitrogens with zero attached hydrogens (tertiary/aromatic N) is 2. The molecule has 2 heterocycles. The molecule has 0 aliphatic carbocycles. The number of hydrogen-bond acceptors (Lipinski definition) is 2. The topological polar surface area (TPSA) is 45.5 Å². The molecule has 1 fully saturated rings. The molecule has 0 aromatic carbocycles. The van der Waals surface area contributed by atoms with Gasteiger partial charge in [0.1, 0.15) is 5.69 Å². The van der Waals surface area contributed by atoms with Gasteiger partial charge in [0, 0.05) is 12.7 Å². The number of carbonyl (C=O) groups is 1. The third-order valence-electron chi connectivity index (χ3n) is 3.79. The fraction of sp³-hybridized carbons (Fsp3) is 0.615. The maximum absolute atomic E-state index is 11.1. The van der Waals surface area contributed by atoms with Gasteiger partial charge in [-0.15, -0.1) is 0 Å². The molecule has 0 bridgehead atoms. The van der Waals surface area contributed by atoms with Crippen molar-refractivity contribution < 1.29 is 9.90 Å². The summed E-state index contributed by atoms with van der Waals surface area (Å²) in [5, 5.41) is 9.08. The number of aromatic carboxylic acids is 1. The van der Waals surface area contributed by atoms with E-state index in [-0.39, 0.29) is 5.41 Å². The first kappa shape index (κ1) is 12.2. The Kier molecular flexibility index (Phi) is 3.24. The summed E-state index contributed by atoms with van der Waals surface area (Å²) in [5.74, 6) is -0.841. The number of hydrogen-bond donors (Lipinski definition) is 1. The van der Waals surface area contributed by atoms with Crippen LogP contribution in [0.4, 0.5) is 0 Å². The van der Waals surface area contributed by atoms with E-state index < -0.39 is 5.97 Å². The van der Waals surface area contributed by atoms with E-state index in [1.807, 2.05) is 16.8 Å². The van der Waals surface area contributed by atoms with E-state index >= 15 is 0 Å². The van der Waals surface area contributed by atoms with Crippen molar-refractivity contribution in [2.24, 2.45) is 5.41 Å². The molecule has 1 N–H and O–H groups in total. The lowest BCUT2D eigenvalue weighted by molar-refractivity contribution is 0.0674. The van der Waals surface area contributed by atoms with Crippen LogP contribution in [0.3, 0.4) is 0 Å². The molecule has 0 spiro atoms. The molecule has 0 unspecified atom stereocenters. The van der Waals surface area contributed by atoms with Crippen LogP contribution in [0.1, 0.15) is 30.3 Å². The van der Waals surface area contributed by atoms with Crippen molar-refractivity contribution in [3.63, 3.8) is 0 Å². The molecular weight excluding hydrogens is 216 g/mol. The van der Waals surface area contributed by atoms with Crippen LogP contribution < -0.4 is 0 Å². The number of carboxylic acid groups (broad SMARTS) is 1. The smallest absolute Gasteiger partial charge is 0.352 e. The lowest BCUT2D eigenvalue weighted by atomic mass is 9.80. The Morgan fingerprint density at radius 3 is 2.71 bits per heavy atom. The fourth-order valence-corrected chi connectivity index (χ4v) is 2.47. The molecule has 1 aromatic rings. The van der Waals surface area contributed by atoms with Crippen LogP contribution in [0.15, 0.2) is 18.3 Å². The predicted octanol–water partition coefficient (Wildman–Crippen LogP) is 1.92. The van der Waals surface area contributed by atoms with Gasteiger partial charge in [-0.2, -0.15) is 0 Å². The minimum atomic E-state index is -0.841. The van der Waals surface area contributed by atoms with Crippen LogP contribution in [-0.2, 0) is 6.54 Å². The largest absolute Gasteiger partial charge is 0.477 e. The van der Waals surface area contributed by atoms with Crippen molar-refractivity contribution >= 4 is 5.97 Å². The molecule has 4 nitrogen and oxygen atoms in total. The van der Waals surface area contributed by atoms with Gasteiger partial charge in [0.2, 0.25) is 0 Å². The Morgan fingerprint density at radius 2 is 2.12 bits per heavy atom. The van der Waals surface area contributed by atoms with Gasteiger partial charge < -0.3 is 14.6 Å². The van der Waals surface area contributed by atoms with Crippen molar-refractivity contribution in [1.29, 1.82) is 0 Å².